The fourth-order valence-corrected chi connectivity index (χ4v) is 4.73. The zero-order chi connectivity index (χ0) is 25.2. The molecule has 188 valence electrons. The molecule has 0 aliphatic carbocycles. The first kappa shape index (κ1) is 26.3. The van der Waals surface area contributed by atoms with Gasteiger partial charge in [0.2, 0.25) is 5.16 Å². The summed E-state index contributed by atoms with van der Waals surface area (Å²) in [5, 5.41) is 17.6. The lowest BCUT2D eigenvalue weighted by Crippen LogP contribution is -2.16. The van der Waals surface area contributed by atoms with Gasteiger partial charge in [0, 0.05) is 28.4 Å². The van der Waals surface area contributed by atoms with Crippen molar-refractivity contribution in [3.63, 3.8) is 0 Å². The molecule has 10 heteroatoms. The standard InChI is InChI=1S/C26H27Cl2N5O2S/c1-2-34-24-15-20(23(28)16-25(24)35-18-19-8-6-9-21(27)14-19)17-29-12-7-13-36-26-30-31-32-33(26)22-10-4-3-5-11-22/h3-6,8-11,14-16,29H,2,7,12-13,17-18H2,1H3. The van der Waals surface area contributed by atoms with E-state index in [1.807, 2.05) is 73.7 Å². The summed E-state index contributed by atoms with van der Waals surface area (Å²) in [5.74, 6) is 2.16. The van der Waals surface area contributed by atoms with Crippen molar-refractivity contribution in [1.29, 1.82) is 0 Å². The van der Waals surface area contributed by atoms with E-state index in [9.17, 15) is 0 Å². The van der Waals surface area contributed by atoms with Crippen molar-refractivity contribution in [2.45, 2.75) is 31.7 Å². The summed E-state index contributed by atoms with van der Waals surface area (Å²) in [6, 6.07) is 21.2. The number of nitrogens with one attached hydrogen (secondary N) is 1. The van der Waals surface area contributed by atoms with Crippen molar-refractivity contribution >= 4 is 35.0 Å². The first-order valence-electron chi connectivity index (χ1n) is 11.6. The Morgan fingerprint density at radius 2 is 1.81 bits per heavy atom. The van der Waals surface area contributed by atoms with Gasteiger partial charge < -0.3 is 14.8 Å². The van der Waals surface area contributed by atoms with Crippen LogP contribution in [0.4, 0.5) is 0 Å². The van der Waals surface area contributed by atoms with E-state index in [-0.39, 0.29) is 0 Å². The highest BCUT2D eigenvalue weighted by Gasteiger charge is 2.12. The minimum absolute atomic E-state index is 0.375. The average Bonchev–Trinajstić information content (AvgIpc) is 3.36. The maximum absolute atomic E-state index is 6.57. The van der Waals surface area contributed by atoms with E-state index in [0.717, 1.165) is 40.7 Å². The van der Waals surface area contributed by atoms with Crippen LogP contribution >= 0.6 is 35.0 Å². The first-order valence-corrected chi connectivity index (χ1v) is 13.4. The van der Waals surface area contributed by atoms with Crippen molar-refractivity contribution < 1.29 is 9.47 Å². The summed E-state index contributed by atoms with van der Waals surface area (Å²) >= 11 is 14.3. The Morgan fingerprint density at radius 1 is 0.972 bits per heavy atom. The minimum Gasteiger partial charge on any atom is -0.490 e. The van der Waals surface area contributed by atoms with Crippen molar-refractivity contribution in [2.75, 3.05) is 18.9 Å². The van der Waals surface area contributed by atoms with Gasteiger partial charge in [-0.1, -0.05) is 65.3 Å². The van der Waals surface area contributed by atoms with E-state index < -0.39 is 0 Å². The van der Waals surface area contributed by atoms with E-state index in [0.29, 0.717) is 41.3 Å². The van der Waals surface area contributed by atoms with Gasteiger partial charge in [-0.3, -0.25) is 0 Å². The summed E-state index contributed by atoms with van der Waals surface area (Å²) in [7, 11) is 0. The smallest absolute Gasteiger partial charge is 0.214 e. The Morgan fingerprint density at radius 3 is 2.61 bits per heavy atom. The van der Waals surface area contributed by atoms with Gasteiger partial charge in [0.25, 0.3) is 0 Å². The monoisotopic (exact) mass is 543 g/mol. The van der Waals surface area contributed by atoms with Crippen molar-refractivity contribution in [3.8, 4) is 17.2 Å². The molecule has 0 aliphatic rings. The van der Waals surface area contributed by atoms with Gasteiger partial charge in [0.15, 0.2) is 11.5 Å². The predicted octanol–water partition coefficient (Wildman–Crippen LogP) is 6.22. The molecule has 4 aromatic rings. The van der Waals surface area contributed by atoms with Crippen LogP contribution in [0.2, 0.25) is 10.0 Å². The van der Waals surface area contributed by atoms with Crippen LogP contribution in [0.1, 0.15) is 24.5 Å². The Hall–Kier alpha value is -2.78. The summed E-state index contributed by atoms with van der Waals surface area (Å²) in [5.41, 5.74) is 2.88. The molecule has 7 nitrogen and oxygen atoms in total. The Labute approximate surface area is 225 Å². The van der Waals surface area contributed by atoms with Crippen molar-refractivity contribution in [3.05, 3.63) is 87.9 Å². The van der Waals surface area contributed by atoms with Crippen LogP contribution in [0.15, 0.2) is 71.9 Å². The van der Waals surface area contributed by atoms with Gasteiger partial charge >= 0.3 is 0 Å². The lowest BCUT2D eigenvalue weighted by Gasteiger charge is -2.15. The maximum Gasteiger partial charge on any atom is 0.214 e. The van der Waals surface area contributed by atoms with Crippen molar-refractivity contribution in [1.82, 2.24) is 25.5 Å². The van der Waals surface area contributed by atoms with E-state index in [1.54, 1.807) is 16.4 Å². The van der Waals surface area contributed by atoms with Gasteiger partial charge in [-0.05, 0) is 71.8 Å². The summed E-state index contributed by atoms with van der Waals surface area (Å²) in [6.45, 7) is 4.30. The Kier molecular flexibility index (Phi) is 9.86. The molecule has 0 bridgehead atoms. The molecular formula is C26H27Cl2N5O2S. The number of rotatable bonds is 13. The van der Waals surface area contributed by atoms with Crippen molar-refractivity contribution in [2.24, 2.45) is 0 Å². The molecule has 0 atom stereocenters. The van der Waals surface area contributed by atoms with Gasteiger partial charge in [-0.2, -0.15) is 4.68 Å². The number of ether oxygens (including phenoxy) is 2. The Balaban J connectivity index is 1.26. The number of hydrogen-bond donors (Lipinski definition) is 1. The third-order valence-corrected chi connectivity index (χ3v) is 6.77. The molecule has 4 rings (SSSR count). The molecule has 0 saturated heterocycles. The van der Waals surface area contributed by atoms with Crippen LogP contribution in [-0.2, 0) is 13.2 Å². The second-order valence-corrected chi connectivity index (χ2v) is 9.74. The number of para-hydroxylation sites is 1. The SMILES string of the molecule is CCOc1cc(CNCCCSc2nnnn2-c2ccccc2)c(Cl)cc1OCc1cccc(Cl)c1. The fraction of sp³-hybridized carbons (Fsp3) is 0.269. The number of hydrogen-bond acceptors (Lipinski definition) is 7. The summed E-state index contributed by atoms with van der Waals surface area (Å²) < 4.78 is 13.6. The molecule has 0 saturated carbocycles. The van der Waals surface area contributed by atoms with E-state index >= 15 is 0 Å². The summed E-state index contributed by atoms with van der Waals surface area (Å²) in [4.78, 5) is 0. The highest BCUT2D eigenvalue weighted by Crippen LogP contribution is 2.34. The minimum atomic E-state index is 0.375. The van der Waals surface area contributed by atoms with Crippen LogP contribution in [0.3, 0.4) is 0 Å². The van der Waals surface area contributed by atoms with Crippen LogP contribution in [0.25, 0.3) is 5.69 Å². The lowest BCUT2D eigenvalue weighted by molar-refractivity contribution is 0.269. The molecule has 0 spiro atoms. The third kappa shape index (κ3) is 7.36. The predicted molar refractivity (Wildman–Crippen MR) is 145 cm³/mol. The fourth-order valence-electron chi connectivity index (χ4n) is 3.47. The number of aromatic nitrogens is 4. The number of thioether (sulfide) groups is 1. The normalized spacial score (nSPS) is 11.0. The molecule has 0 amide bonds. The van der Waals surface area contributed by atoms with E-state index in [1.165, 1.54) is 0 Å². The van der Waals surface area contributed by atoms with Crippen LogP contribution < -0.4 is 14.8 Å². The van der Waals surface area contributed by atoms with Gasteiger partial charge in [-0.25, -0.2) is 0 Å². The maximum atomic E-state index is 6.57. The molecular weight excluding hydrogens is 517 g/mol. The largest absolute Gasteiger partial charge is 0.490 e. The average molecular weight is 545 g/mol. The third-order valence-electron chi connectivity index (χ3n) is 5.18. The topological polar surface area (TPSA) is 74.1 Å². The number of nitrogens with zero attached hydrogens (tertiary/aromatic N) is 4. The van der Waals surface area contributed by atoms with Gasteiger partial charge in [0.1, 0.15) is 6.61 Å². The zero-order valence-electron chi connectivity index (χ0n) is 19.9. The van der Waals surface area contributed by atoms with Gasteiger partial charge in [0.05, 0.1) is 12.3 Å². The molecule has 3 aromatic carbocycles. The van der Waals surface area contributed by atoms with Crippen LogP contribution in [0.5, 0.6) is 11.5 Å². The van der Waals surface area contributed by atoms with Gasteiger partial charge in [-0.15, -0.1) is 5.10 Å². The van der Waals surface area contributed by atoms with Crippen LogP contribution in [-0.4, -0.2) is 39.1 Å². The number of benzene rings is 3. The zero-order valence-corrected chi connectivity index (χ0v) is 22.2. The van der Waals surface area contributed by atoms with E-state index in [2.05, 4.69) is 20.8 Å². The second-order valence-electron chi connectivity index (χ2n) is 7.83. The Bertz CT molecular complexity index is 1260. The number of tetrazole rings is 1. The molecule has 0 aliphatic heterocycles. The molecule has 0 radical (unpaired) electrons. The summed E-state index contributed by atoms with van der Waals surface area (Å²) in [6.07, 6.45) is 0.948. The van der Waals surface area contributed by atoms with E-state index in [4.69, 9.17) is 32.7 Å². The molecule has 1 N–H and O–H groups in total. The molecule has 36 heavy (non-hydrogen) atoms. The highest BCUT2D eigenvalue weighted by molar-refractivity contribution is 7.99. The molecule has 1 heterocycles. The highest BCUT2D eigenvalue weighted by atomic mass is 35.5. The molecule has 0 fully saturated rings. The number of halogens is 2. The quantitative estimate of drug-likeness (QED) is 0.158. The molecule has 1 aromatic heterocycles. The lowest BCUT2D eigenvalue weighted by atomic mass is 10.2. The molecule has 0 unspecified atom stereocenters. The van der Waals surface area contributed by atoms with Crippen LogP contribution in [0, 0.1) is 0 Å². The second kappa shape index (κ2) is 13.5. The first-order chi connectivity index (χ1) is 17.6.